The second kappa shape index (κ2) is 2.59. The molecule has 1 aliphatic rings. The highest BCUT2D eigenvalue weighted by Crippen LogP contribution is 2.23. The van der Waals surface area contributed by atoms with E-state index >= 15 is 0 Å². The predicted molar refractivity (Wildman–Crippen MR) is 42.8 cm³/mol. The van der Waals surface area contributed by atoms with Crippen molar-refractivity contribution in [2.75, 3.05) is 0 Å². The zero-order valence-electron chi connectivity index (χ0n) is 6.59. The number of hydrogen-bond donors (Lipinski definition) is 1. The van der Waals surface area contributed by atoms with Crippen molar-refractivity contribution in [2.24, 2.45) is 0 Å². The van der Waals surface area contributed by atoms with E-state index in [1.54, 1.807) is 0 Å². The van der Waals surface area contributed by atoms with Crippen molar-refractivity contribution < 1.29 is 5.11 Å². The Labute approximate surface area is 62.1 Å². The molecule has 0 fully saturated rings. The third kappa shape index (κ3) is 1.48. The van der Waals surface area contributed by atoms with Gasteiger partial charge in [-0.05, 0) is 19.8 Å². The van der Waals surface area contributed by atoms with Crippen molar-refractivity contribution in [3.63, 3.8) is 0 Å². The normalized spacial score (nSPS) is 32.1. The van der Waals surface area contributed by atoms with Gasteiger partial charge in [0.05, 0.1) is 5.60 Å². The lowest BCUT2D eigenvalue weighted by Gasteiger charge is -2.23. The van der Waals surface area contributed by atoms with E-state index in [2.05, 4.69) is 6.08 Å². The van der Waals surface area contributed by atoms with Crippen molar-refractivity contribution in [3.8, 4) is 0 Å². The van der Waals surface area contributed by atoms with Crippen LogP contribution in [0.25, 0.3) is 0 Å². The topological polar surface area (TPSA) is 20.2 Å². The first-order valence-electron chi connectivity index (χ1n) is 3.75. The quantitative estimate of drug-likeness (QED) is 0.588. The summed E-state index contributed by atoms with van der Waals surface area (Å²) in [5.41, 5.74) is 0.692. The first-order chi connectivity index (χ1) is 4.66. The van der Waals surface area contributed by atoms with Crippen LogP contribution in [0.3, 0.4) is 0 Å². The van der Waals surface area contributed by atoms with Gasteiger partial charge in [-0.15, -0.1) is 0 Å². The molecule has 1 atom stereocenters. The lowest BCUT2D eigenvalue weighted by molar-refractivity contribution is 0.0885. The molecule has 0 spiro atoms. The second-order valence-electron chi connectivity index (χ2n) is 2.94. The van der Waals surface area contributed by atoms with E-state index in [9.17, 15) is 5.11 Å². The molecule has 1 nitrogen and oxygen atoms in total. The van der Waals surface area contributed by atoms with Crippen LogP contribution < -0.4 is 0 Å². The molecule has 0 amide bonds. The molecular weight excluding hydrogens is 124 g/mol. The molecule has 0 heterocycles. The van der Waals surface area contributed by atoms with Gasteiger partial charge in [0.1, 0.15) is 0 Å². The molecule has 1 unspecified atom stereocenters. The molecule has 0 aromatic carbocycles. The summed E-state index contributed by atoms with van der Waals surface area (Å²) in [6.07, 6.45) is 7.51. The van der Waals surface area contributed by atoms with Crippen LogP contribution in [-0.2, 0) is 0 Å². The molecule has 0 aliphatic heterocycles. The first kappa shape index (κ1) is 7.55. The van der Waals surface area contributed by atoms with E-state index in [0.29, 0.717) is 0 Å². The monoisotopic (exact) mass is 138 g/mol. The van der Waals surface area contributed by atoms with Gasteiger partial charge in [0, 0.05) is 0 Å². The molecule has 0 aromatic heterocycles. The van der Waals surface area contributed by atoms with E-state index in [4.69, 9.17) is 0 Å². The van der Waals surface area contributed by atoms with Gasteiger partial charge in [0.2, 0.25) is 0 Å². The van der Waals surface area contributed by atoms with Crippen LogP contribution in [0.15, 0.2) is 23.8 Å². The fourth-order valence-corrected chi connectivity index (χ4v) is 1.02. The Kier molecular flexibility index (Phi) is 1.95. The predicted octanol–water partition coefficient (Wildman–Crippen LogP) is 2.03. The summed E-state index contributed by atoms with van der Waals surface area (Å²) in [6, 6.07) is 0. The Bertz CT molecular complexity index is 179. The van der Waals surface area contributed by atoms with Crippen LogP contribution in [0.4, 0.5) is 0 Å². The average Bonchev–Trinajstić information content (AvgIpc) is 1.96. The Balaban J connectivity index is 2.67. The van der Waals surface area contributed by atoms with Gasteiger partial charge in [-0.2, -0.15) is 0 Å². The smallest absolute Gasteiger partial charge is 0.0862 e. The van der Waals surface area contributed by atoms with Crippen molar-refractivity contribution >= 4 is 0 Å². The summed E-state index contributed by atoms with van der Waals surface area (Å²) in [5.74, 6) is 0. The third-order valence-electron chi connectivity index (χ3n) is 2.05. The number of allylic oxidation sites excluding steroid dienone is 2. The van der Waals surface area contributed by atoms with Crippen LogP contribution in [0, 0.1) is 0 Å². The number of aliphatic hydroxyl groups is 1. The maximum atomic E-state index is 9.67. The highest BCUT2D eigenvalue weighted by molar-refractivity contribution is 5.25. The molecule has 10 heavy (non-hydrogen) atoms. The molecule has 0 saturated carbocycles. The standard InChI is InChI=1S/C9H14O/c1-3-9(10)6-4-8(2)5-7-9/h4-6,10H,3,7H2,1-2H3. The minimum absolute atomic E-state index is 0.556. The largest absolute Gasteiger partial charge is 0.385 e. The highest BCUT2D eigenvalue weighted by atomic mass is 16.3. The fourth-order valence-electron chi connectivity index (χ4n) is 1.02. The second-order valence-corrected chi connectivity index (χ2v) is 2.94. The maximum Gasteiger partial charge on any atom is 0.0862 e. The minimum Gasteiger partial charge on any atom is -0.385 e. The third-order valence-corrected chi connectivity index (χ3v) is 2.05. The average molecular weight is 138 g/mol. The van der Waals surface area contributed by atoms with Crippen LogP contribution in [-0.4, -0.2) is 10.7 Å². The van der Waals surface area contributed by atoms with E-state index < -0.39 is 5.60 Å². The Hall–Kier alpha value is -0.560. The van der Waals surface area contributed by atoms with E-state index in [1.165, 1.54) is 5.57 Å². The number of rotatable bonds is 1. The van der Waals surface area contributed by atoms with Gasteiger partial charge in [0.15, 0.2) is 0 Å². The summed E-state index contributed by atoms with van der Waals surface area (Å²) in [7, 11) is 0. The van der Waals surface area contributed by atoms with E-state index in [0.717, 1.165) is 12.8 Å². The van der Waals surface area contributed by atoms with Crippen LogP contribution in [0.2, 0.25) is 0 Å². The van der Waals surface area contributed by atoms with Gasteiger partial charge in [0.25, 0.3) is 0 Å². The summed E-state index contributed by atoms with van der Waals surface area (Å²) in [4.78, 5) is 0. The summed E-state index contributed by atoms with van der Waals surface area (Å²) in [5, 5.41) is 9.67. The first-order valence-corrected chi connectivity index (χ1v) is 3.75. The molecule has 1 heteroatoms. The van der Waals surface area contributed by atoms with Crippen LogP contribution in [0.1, 0.15) is 26.7 Å². The van der Waals surface area contributed by atoms with Crippen LogP contribution in [0.5, 0.6) is 0 Å². The van der Waals surface area contributed by atoms with Gasteiger partial charge in [-0.1, -0.05) is 30.7 Å². The highest BCUT2D eigenvalue weighted by Gasteiger charge is 2.20. The molecule has 1 rings (SSSR count). The molecule has 0 aromatic rings. The van der Waals surface area contributed by atoms with Gasteiger partial charge < -0.3 is 5.11 Å². The van der Waals surface area contributed by atoms with Crippen LogP contribution >= 0.6 is 0 Å². The van der Waals surface area contributed by atoms with Gasteiger partial charge in [-0.25, -0.2) is 0 Å². The molecule has 1 aliphatic carbocycles. The molecule has 1 N–H and O–H groups in total. The lowest BCUT2D eigenvalue weighted by Crippen LogP contribution is -2.25. The van der Waals surface area contributed by atoms with Gasteiger partial charge >= 0.3 is 0 Å². The van der Waals surface area contributed by atoms with Crippen molar-refractivity contribution in [1.82, 2.24) is 0 Å². The molecule has 0 radical (unpaired) electrons. The lowest BCUT2D eigenvalue weighted by atomic mass is 9.90. The van der Waals surface area contributed by atoms with Gasteiger partial charge in [-0.3, -0.25) is 0 Å². The van der Waals surface area contributed by atoms with E-state index in [1.807, 2.05) is 26.0 Å². The molecule has 56 valence electrons. The Morgan fingerprint density at radius 1 is 1.70 bits per heavy atom. The molecular formula is C9H14O. The summed E-state index contributed by atoms with van der Waals surface area (Å²) < 4.78 is 0. The van der Waals surface area contributed by atoms with Crippen molar-refractivity contribution in [3.05, 3.63) is 23.8 Å². The molecule has 0 saturated heterocycles. The maximum absolute atomic E-state index is 9.67. The van der Waals surface area contributed by atoms with Crippen molar-refractivity contribution in [1.29, 1.82) is 0 Å². The van der Waals surface area contributed by atoms with Crippen molar-refractivity contribution in [2.45, 2.75) is 32.3 Å². The SMILES string of the molecule is CCC1(O)C=CC(C)=CC1. The minimum atomic E-state index is -0.556. The molecule has 0 bridgehead atoms. The zero-order valence-corrected chi connectivity index (χ0v) is 6.59. The van der Waals surface area contributed by atoms with E-state index in [-0.39, 0.29) is 0 Å². The Morgan fingerprint density at radius 2 is 2.40 bits per heavy atom. The number of hydrogen-bond acceptors (Lipinski definition) is 1. The Morgan fingerprint density at radius 3 is 2.80 bits per heavy atom. The fraction of sp³-hybridized carbons (Fsp3) is 0.556. The summed E-state index contributed by atoms with van der Waals surface area (Å²) in [6.45, 7) is 4.05. The summed E-state index contributed by atoms with van der Waals surface area (Å²) >= 11 is 0. The zero-order chi connectivity index (χ0) is 7.61.